The van der Waals surface area contributed by atoms with E-state index in [-0.39, 0.29) is 11.9 Å². The second-order valence-corrected chi connectivity index (χ2v) is 8.11. The first-order chi connectivity index (χ1) is 12.1. The Morgan fingerprint density at radius 1 is 1.38 bits per heavy atom. The van der Waals surface area contributed by atoms with Crippen LogP contribution in [0.2, 0.25) is 0 Å². The molecule has 2 bridgehead atoms. The van der Waals surface area contributed by atoms with Crippen LogP contribution in [0.1, 0.15) is 47.0 Å². The summed E-state index contributed by atoms with van der Waals surface area (Å²) in [5, 5.41) is 0. The number of hydrogen-bond donors (Lipinski definition) is 0. The van der Waals surface area contributed by atoms with Crippen molar-refractivity contribution >= 4 is 11.9 Å². The highest BCUT2D eigenvalue weighted by atomic mass is 16.7. The summed E-state index contributed by atoms with van der Waals surface area (Å²) in [7, 11) is 1.62. The van der Waals surface area contributed by atoms with E-state index in [0.29, 0.717) is 18.4 Å². The molecule has 5 atom stereocenters. The van der Waals surface area contributed by atoms with Gasteiger partial charge in [-0.3, -0.25) is 4.79 Å². The van der Waals surface area contributed by atoms with Gasteiger partial charge in [-0.25, -0.2) is 4.79 Å². The highest BCUT2D eigenvalue weighted by molar-refractivity contribution is 5.91. The topological polar surface area (TPSA) is 71.1 Å². The zero-order valence-corrected chi connectivity index (χ0v) is 16.2. The highest BCUT2D eigenvalue weighted by Crippen LogP contribution is 2.49. The molecule has 3 rings (SSSR count). The molecule has 26 heavy (non-hydrogen) atoms. The van der Waals surface area contributed by atoms with Crippen molar-refractivity contribution in [3.05, 3.63) is 23.8 Å². The van der Waals surface area contributed by atoms with Crippen molar-refractivity contribution < 1.29 is 28.5 Å². The van der Waals surface area contributed by atoms with Crippen molar-refractivity contribution in [1.29, 1.82) is 0 Å². The zero-order valence-electron chi connectivity index (χ0n) is 16.2. The Balaban J connectivity index is 2.04. The molecule has 0 saturated carbocycles. The van der Waals surface area contributed by atoms with Crippen LogP contribution >= 0.6 is 0 Å². The lowest BCUT2D eigenvalue weighted by molar-refractivity contribution is -0.218. The second-order valence-electron chi connectivity index (χ2n) is 8.11. The molecule has 2 saturated heterocycles. The summed E-state index contributed by atoms with van der Waals surface area (Å²) >= 11 is 0. The summed E-state index contributed by atoms with van der Waals surface area (Å²) in [4.78, 5) is 24.5. The first-order valence-electron chi connectivity index (χ1n) is 9.15. The summed E-state index contributed by atoms with van der Waals surface area (Å²) in [5.74, 6) is -2.28. The van der Waals surface area contributed by atoms with E-state index in [1.165, 1.54) is 0 Å². The summed E-state index contributed by atoms with van der Waals surface area (Å²) in [6.45, 7) is 11.4. The van der Waals surface area contributed by atoms with Crippen molar-refractivity contribution in [3.63, 3.8) is 0 Å². The summed E-state index contributed by atoms with van der Waals surface area (Å²) in [6, 6.07) is 0. The van der Waals surface area contributed by atoms with Crippen molar-refractivity contribution in [2.45, 2.75) is 70.6 Å². The number of methoxy groups -OCH3 is 1. The molecule has 0 N–H and O–H groups in total. The van der Waals surface area contributed by atoms with Crippen molar-refractivity contribution in [2.24, 2.45) is 11.8 Å². The van der Waals surface area contributed by atoms with Crippen LogP contribution in [-0.2, 0) is 28.5 Å². The Bertz CT molecular complexity index is 665. The lowest BCUT2D eigenvalue weighted by atomic mass is 9.81. The minimum absolute atomic E-state index is 0.264. The number of carbonyl (C=O) groups excluding carboxylic acids is 2. The van der Waals surface area contributed by atoms with Gasteiger partial charge >= 0.3 is 11.9 Å². The van der Waals surface area contributed by atoms with Gasteiger partial charge in [0.2, 0.25) is 0 Å². The van der Waals surface area contributed by atoms with E-state index in [9.17, 15) is 9.59 Å². The van der Waals surface area contributed by atoms with Gasteiger partial charge in [0.05, 0.1) is 17.4 Å². The Labute approximate surface area is 154 Å². The highest BCUT2D eigenvalue weighted by Gasteiger charge is 2.55. The fourth-order valence-corrected chi connectivity index (χ4v) is 4.16. The maximum atomic E-state index is 12.3. The van der Waals surface area contributed by atoms with Gasteiger partial charge in [0.25, 0.3) is 0 Å². The van der Waals surface area contributed by atoms with Crippen molar-refractivity contribution in [1.82, 2.24) is 0 Å². The first-order valence-corrected chi connectivity index (χ1v) is 9.15. The predicted octanol–water partition coefficient (Wildman–Crippen LogP) is 2.91. The summed E-state index contributed by atoms with van der Waals surface area (Å²) < 4.78 is 23.4. The predicted molar refractivity (Wildman–Crippen MR) is 94.1 cm³/mol. The Kier molecular flexibility index (Phi) is 4.78. The molecule has 2 fully saturated rings. The van der Waals surface area contributed by atoms with Gasteiger partial charge in [0, 0.05) is 25.5 Å². The van der Waals surface area contributed by atoms with E-state index in [4.69, 9.17) is 18.9 Å². The minimum atomic E-state index is -0.841. The van der Waals surface area contributed by atoms with Crippen molar-refractivity contribution in [2.75, 3.05) is 7.11 Å². The van der Waals surface area contributed by atoms with Gasteiger partial charge in [-0.2, -0.15) is 0 Å². The van der Waals surface area contributed by atoms with Gasteiger partial charge in [0.15, 0.2) is 5.79 Å². The van der Waals surface area contributed by atoms with Crippen LogP contribution in [0.3, 0.4) is 0 Å². The molecule has 0 aromatic rings. The molecule has 0 radical (unpaired) electrons. The Morgan fingerprint density at radius 2 is 2.08 bits per heavy atom. The average Bonchev–Trinajstić information content (AvgIpc) is 3.05. The Morgan fingerprint density at radius 3 is 2.69 bits per heavy atom. The molecule has 0 spiro atoms. The number of carbonyl (C=O) groups is 2. The van der Waals surface area contributed by atoms with Crippen LogP contribution < -0.4 is 0 Å². The maximum absolute atomic E-state index is 12.3. The van der Waals surface area contributed by atoms with Crippen LogP contribution in [0.4, 0.5) is 0 Å². The first kappa shape index (κ1) is 19.1. The fourth-order valence-electron chi connectivity index (χ4n) is 4.16. The van der Waals surface area contributed by atoms with Crippen molar-refractivity contribution in [3.8, 4) is 0 Å². The average molecular weight is 364 g/mol. The lowest BCUT2D eigenvalue weighted by Crippen LogP contribution is -2.41. The van der Waals surface area contributed by atoms with Crippen LogP contribution in [0, 0.1) is 11.8 Å². The molecule has 3 heterocycles. The zero-order chi connectivity index (χ0) is 19.3. The number of esters is 2. The smallest absolute Gasteiger partial charge is 0.334 e. The third-order valence-electron chi connectivity index (χ3n) is 5.77. The molecule has 6 heteroatoms. The number of ether oxygens (including phenoxy) is 4. The monoisotopic (exact) mass is 364 g/mol. The molecular formula is C20H28O6. The molecule has 144 valence electrons. The molecule has 0 aliphatic carbocycles. The molecule has 3 aliphatic heterocycles. The number of fused-ring (bicyclic) bond motifs is 3. The minimum Gasteiger partial charge on any atom is -0.461 e. The van der Waals surface area contributed by atoms with E-state index in [1.54, 1.807) is 21.0 Å². The molecule has 0 unspecified atom stereocenters. The van der Waals surface area contributed by atoms with Gasteiger partial charge in [-0.1, -0.05) is 20.4 Å². The molecule has 0 aromatic heterocycles. The van der Waals surface area contributed by atoms with E-state index >= 15 is 0 Å². The molecule has 0 amide bonds. The summed E-state index contributed by atoms with van der Waals surface area (Å²) in [6.07, 6.45) is 2.68. The largest absolute Gasteiger partial charge is 0.461 e. The number of hydrogen-bond acceptors (Lipinski definition) is 6. The quantitative estimate of drug-likeness (QED) is 0.436. The van der Waals surface area contributed by atoms with Crippen LogP contribution in [0.5, 0.6) is 0 Å². The SMILES string of the molecule is C=C1C(=O)O[C@@H]2/C=C(/C)[C@]3(OC)CC[C@@](C)(C[C@@H](OC(=O)C(C)C)[C@@H]12)O3. The van der Waals surface area contributed by atoms with Gasteiger partial charge < -0.3 is 18.9 Å². The molecule has 3 aliphatic rings. The van der Waals surface area contributed by atoms with Gasteiger partial charge in [-0.15, -0.1) is 0 Å². The van der Waals surface area contributed by atoms with Crippen LogP contribution in [0.15, 0.2) is 23.8 Å². The summed E-state index contributed by atoms with van der Waals surface area (Å²) in [5.41, 5.74) is 0.666. The van der Waals surface area contributed by atoms with E-state index in [1.807, 2.05) is 19.9 Å². The third kappa shape index (κ3) is 3.09. The van der Waals surface area contributed by atoms with Crippen LogP contribution in [-0.4, -0.2) is 42.6 Å². The van der Waals surface area contributed by atoms with E-state index in [2.05, 4.69) is 6.58 Å². The molecular weight excluding hydrogens is 336 g/mol. The Hall–Kier alpha value is -1.66. The fraction of sp³-hybridized carbons (Fsp3) is 0.700. The lowest BCUT2D eigenvalue weighted by Gasteiger charge is -2.34. The second kappa shape index (κ2) is 6.50. The third-order valence-corrected chi connectivity index (χ3v) is 5.77. The van der Waals surface area contributed by atoms with Crippen LogP contribution in [0.25, 0.3) is 0 Å². The maximum Gasteiger partial charge on any atom is 0.334 e. The standard InChI is InChI=1S/C20H28O6/c1-11(2)17(21)25-15-10-19(5)7-8-20(23-6,26-19)12(3)9-14-16(15)13(4)18(22)24-14/h9,11,14-16H,4,7-8,10H2,1-3,5-6H3/b12-9-/t14-,15-,16+,19+,20+/m1/s1. The molecule has 6 nitrogen and oxygen atoms in total. The van der Waals surface area contributed by atoms with E-state index < -0.39 is 35.5 Å². The molecule has 0 aromatic carbocycles. The normalized spacial score (nSPS) is 41.6. The van der Waals surface area contributed by atoms with Gasteiger partial charge in [0.1, 0.15) is 12.2 Å². The van der Waals surface area contributed by atoms with E-state index in [0.717, 1.165) is 12.0 Å². The van der Waals surface area contributed by atoms with Gasteiger partial charge in [-0.05, 0) is 31.9 Å². The number of rotatable bonds is 3.